The molecular weight excluding hydrogens is 224 g/mol. The second-order valence-electron chi connectivity index (χ2n) is 4.53. The molecular formula is C13H17F2NO. The van der Waals surface area contributed by atoms with Crippen LogP contribution in [0.4, 0.5) is 8.78 Å². The molecule has 1 N–H and O–H groups in total. The predicted molar refractivity (Wildman–Crippen MR) is 61.7 cm³/mol. The molecule has 0 spiro atoms. The molecule has 0 saturated carbocycles. The number of hydrogen-bond acceptors (Lipinski definition) is 2. The van der Waals surface area contributed by atoms with Gasteiger partial charge in [0.15, 0.2) is 0 Å². The van der Waals surface area contributed by atoms with Crippen molar-refractivity contribution in [1.82, 2.24) is 5.32 Å². The maximum Gasteiger partial charge on any atom is 0.130 e. The summed E-state index contributed by atoms with van der Waals surface area (Å²) in [5, 5.41) is 3.26. The Balaban J connectivity index is 1.91. The fourth-order valence-corrected chi connectivity index (χ4v) is 2.05. The van der Waals surface area contributed by atoms with Gasteiger partial charge in [-0.25, -0.2) is 8.78 Å². The van der Waals surface area contributed by atoms with Crippen LogP contribution < -0.4 is 5.32 Å². The van der Waals surface area contributed by atoms with E-state index in [0.29, 0.717) is 11.5 Å². The molecule has 2 atom stereocenters. The van der Waals surface area contributed by atoms with Crippen LogP contribution in [0.1, 0.15) is 24.9 Å². The van der Waals surface area contributed by atoms with Gasteiger partial charge in [-0.1, -0.05) is 6.07 Å². The van der Waals surface area contributed by atoms with Crippen LogP contribution in [0.15, 0.2) is 18.2 Å². The van der Waals surface area contributed by atoms with Gasteiger partial charge in [0.1, 0.15) is 11.6 Å². The second-order valence-corrected chi connectivity index (χ2v) is 4.53. The fraction of sp³-hybridized carbons (Fsp3) is 0.538. The van der Waals surface area contributed by atoms with Crippen LogP contribution in [0, 0.1) is 17.6 Å². The Bertz CT molecular complexity index is 378. The van der Waals surface area contributed by atoms with Crippen molar-refractivity contribution in [1.29, 1.82) is 0 Å². The number of nitrogens with one attached hydrogen (secondary N) is 1. The first-order valence-corrected chi connectivity index (χ1v) is 5.93. The van der Waals surface area contributed by atoms with Crippen LogP contribution in [0.2, 0.25) is 0 Å². The molecule has 0 amide bonds. The molecule has 1 heterocycles. The first-order valence-electron chi connectivity index (χ1n) is 5.93. The monoisotopic (exact) mass is 241 g/mol. The van der Waals surface area contributed by atoms with E-state index in [1.165, 1.54) is 12.1 Å². The highest BCUT2D eigenvalue weighted by Gasteiger charge is 2.17. The summed E-state index contributed by atoms with van der Waals surface area (Å²) in [5.41, 5.74) is 0.505. The van der Waals surface area contributed by atoms with Gasteiger partial charge in [-0.15, -0.1) is 0 Å². The molecule has 94 valence electrons. The highest BCUT2D eigenvalue weighted by Crippen LogP contribution is 2.19. The standard InChI is InChI=1S/C13H17F2NO/c1-9(16-7-10-4-5-17-8-10)12-3-2-11(14)6-13(12)15/h2-3,6,9-10,16H,4-5,7-8H2,1H3. The molecule has 4 heteroatoms. The number of halogens is 2. The summed E-state index contributed by atoms with van der Waals surface area (Å²) < 4.78 is 31.5. The third kappa shape index (κ3) is 3.23. The lowest BCUT2D eigenvalue weighted by atomic mass is 10.1. The van der Waals surface area contributed by atoms with Gasteiger partial charge in [-0.05, 0) is 25.3 Å². The number of ether oxygens (including phenoxy) is 1. The molecule has 1 fully saturated rings. The third-order valence-corrected chi connectivity index (χ3v) is 3.17. The predicted octanol–water partition coefficient (Wildman–Crippen LogP) is 2.65. The average molecular weight is 241 g/mol. The minimum Gasteiger partial charge on any atom is -0.381 e. The van der Waals surface area contributed by atoms with Crippen LogP contribution >= 0.6 is 0 Å². The molecule has 2 unspecified atom stereocenters. The summed E-state index contributed by atoms with van der Waals surface area (Å²) in [4.78, 5) is 0. The Kier molecular flexibility index (Phi) is 4.07. The van der Waals surface area contributed by atoms with Crippen molar-refractivity contribution in [2.45, 2.75) is 19.4 Å². The fourth-order valence-electron chi connectivity index (χ4n) is 2.05. The van der Waals surface area contributed by atoms with Crippen molar-refractivity contribution < 1.29 is 13.5 Å². The van der Waals surface area contributed by atoms with E-state index in [9.17, 15) is 8.78 Å². The Morgan fingerprint density at radius 2 is 2.29 bits per heavy atom. The maximum atomic E-state index is 13.5. The summed E-state index contributed by atoms with van der Waals surface area (Å²) >= 11 is 0. The zero-order chi connectivity index (χ0) is 12.3. The van der Waals surface area contributed by atoms with Crippen molar-refractivity contribution >= 4 is 0 Å². The molecule has 2 nitrogen and oxygen atoms in total. The van der Waals surface area contributed by atoms with Crippen molar-refractivity contribution in [2.24, 2.45) is 5.92 Å². The van der Waals surface area contributed by atoms with Gasteiger partial charge in [0.05, 0.1) is 6.61 Å². The van der Waals surface area contributed by atoms with Gasteiger partial charge in [-0.3, -0.25) is 0 Å². The van der Waals surface area contributed by atoms with Crippen LogP contribution in [0.25, 0.3) is 0 Å². The van der Waals surface area contributed by atoms with E-state index in [1.54, 1.807) is 0 Å². The molecule has 1 saturated heterocycles. The van der Waals surface area contributed by atoms with Crippen molar-refractivity contribution in [3.8, 4) is 0 Å². The van der Waals surface area contributed by atoms with Crippen LogP contribution in [-0.2, 0) is 4.74 Å². The zero-order valence-corrected chi connectivity index (χ0v) is 9.88. The van der Waals surface area contributed by atoms with Gasteiger partial charge in [-0.2, -0.15) is 0 Å². The minimum absolute atomic E-state index is 0.115. The minimum atomic E-state index is -0.539. The van der Waals surface area contributed by atoms with E-state index >= 15 is 0 Å². The van der Waals surface area contributed by atoms with Gasteiger partial charge in [0.2, 0.25) is 0 Å². The molecule has 1 aliphatic heterocycles. The Hall–Kier alpha value is -1.00. The quantitative estimate of drug-likeness (QED) is 0.875. The van der Waals surface area contributed by atoms with Crippen molar-refractivity contribution in [3.05, 3.63) is 35.4 Å². The molecule has 1 aromatic rings. The molecule has 1 aliphatic rings. The number of rotatable bonds is 4. The lowest BCUT2D eigenvalue weighted by Gasteiger charge is -2.17. The van der Waals surface area contributed by atoms with E-state index in [2.05, 4.69) is 5.32 Å². The largest absolute Gasteiger partial charge is 0.381 e. The summed E-state index contributed by atoms with van der Waals surface area (Å²) in [6, 6.07) is 3.59. The van der Waals surface area contributed by atoms with E-state index < -0.39 is 11.6 Å². The molecule has 2 rings (SSSR count). The van der Waals surface area contributed by atoms with E-state index in [1.807, 2.05) is 6.92 Å². The lowest BCUT2D eigenvalue weighted by molar-refractivity contribution is 0.184. The molecule has 1 aromatic carbocycles. The zero-order valence-electron chi connectivity index (χ0n) is 9.88. The topological polar surface area (TPSA) is 21.3 Å². The average Bonchev–Trinajstić information content (AvgIpc) is 2.78. The first-order chi connectivity index (χ1) is 8.16. The Morgan fingerprint density at radius 3 is 2.94 bits per heavy atom. The number of benzene rings is 1. The Labute approximate surface area is 100.0 Å². The highest BCUT2D eigenvalue weighted by molar-refractivity contribution is 5.21. The smallest absolute Gasteiger partial charge is 0.130 e. The molecule has 0 bridgehead atoms. The van der Waals surface area contributed by atoms with Crippen LogP contribution in [0.5, 0.6) is 0 Å². The maximum absolute atomic E-state index is 13.5. The van der Waals surface area contributed by atoms with Crippen LogP contribution in [0.3, 0.4) is 0 Å². The van der Waals surface area contributed by atoms with Crippen molar-refractivity contribution in [3.63, 3.8) is 0 Å². The van der Waals surface area contributed by atoms with E-state index in [0.717, 1.165) is 32.2 Å². The summed E-state index contributed by atoms with van der Waals surface area (Å²) in [6.45, 7) is 4.27. The summed E-state index contributed by atoms with van der Waals surface area (Å²) in [6.07, 6.45) is 1.05. The molecule has 17 heavy (non-hydrogen) atoms. The second kappa shape index (κ2) is 5.56. The molecule has 0 aliphatic carbocycles. The van der Waals surface area contributed by atoms with Gasteiger partial charge < -0.3 is 10.1 Å². The lowest BCUT2D eigenvalue weighted by Crippen LogP contribution is -2.26. The SMILES string of the molecule is CC(NCC1CCOC1)c1ccc(F)cc1F. The highest BCUT2D eigenvalue weighted by atomic mass is 19.1. The first kappa shape index (κ1) is 12.5. The van der Waals surface area contributed by atoms with E-state index in [4.69, 9.17) is 4.74 Å². The van der Waals surface area contributed by atoms with Gasteiger partial charge in [0, 0.05) is 30.8 Å². The van der Waals surface area contributed by atoms with Crippen LogP contribution in [-0.4, -0.2) is 19.8 Å². The third-order valence-electron chi connectivity index (χ3n) is 3.17. The summed E-state index contributed by atoms with van der Waals surface area (Å²) in [5.74, 6) is -0.531. The van der Waals surface area contributed by atoms with Gasteiger partial charge >= 0.3 is 0 Å². The molecule has 0 radical (unpaired) electrons. The summed E-state index contributed by atoms with van der Waals surface area (Å²) in [7, 11) is 0. The molecule has 0 aromatic heterocycles. The van der Waals surface area contributed by atoms with Crippen molar-refractivity contribution in [2.75, 3.05) is 19.8 Å². The van der Waals surface area contributed by atoms with Gasteiger partial charge in [0.25, 0.3) is 0 Å². The number of hydrogen-bond donors (Lipinski definition) is 1. The van der Waals surface area contributed by atoms with E-state index in [-0.39, 0.29) is 6.04 Å². The Morgan fingerprint density at radius 1 is 1.47 bits per heavy atom. The normalized spacial score (nSPS) is 21.7.